The van der Waals surface area contributed by atoms with Crippen LogP contribution in [0.4, 0.5) is 10.1 Å². The first-order chi connectivity index (χ1) is 8.13. The third kappa shape index (κ3) is 5.18. The zero-order valence-electron chi connectivity index (χ0n) is 11.0. The van der Waals surface area contributed by atoms with Crippen LogP contribution < -0.4 is 10.2 Å². The Labute approximate surface area is 104 Å². The lowest BCUT2D eigenvalue weighted by Gasteiger charge is -2.21. The largest absolute Gasteiger partial charge is 0.373 e. The van der Waals surface area contributed by atoms with Gasteiger partial charge in [0.15, 0.2) is 0 Å². The number of rotatable bonds is 7. The summed E-state index contributed by atoms with van der Waals surface area (Å²) in [7, 11) is 1.99. The van der Waals surface area contributed by atoms with Crippen molar-refractivity contribution in [3.05, 3.63) is 30.1 Å². The molecular weight excluding hydrogens is 215 g/mol. The fourth-order valence-electron chi connectivity index (χ4n) is 1.86. The maximum Gasteiger partial charge on any atom is 0.125 e. The molecule has 0 aliphatic carbocycles. The summed E-state index contributed by atoms with van der Waals surface area (Å²) in [5, 5.41) is 3.46. The minimum atomic E-state index is -0.179. The van der Waals surface area contributed by atoms with Gasteiger partial charge in [-0.05, 0) is 31.5 Å². The monoisotopic (exact) mass is 238 g/mol. The third-order valence-corrected chi connectivity index (χ3v) is 2.91. The van der Waals surface area contributed by atoms with Gasteiger partial charge < -0.3 is 10.2 Å². The summed E-state index contributed by atoms with van der Waals surface area (Å²) in [5.74, 6) is -0.179. The predicted octanol–water partition coefficient (Wildman–Crippen LogP) is 3.04. The molecule has 0 bridgehead atoms. The second-order valence-electron chi connectivity index (χ2n) is 4.55. The highest BCUT2D eigenvalue weighted by atomic mass is 19.1. The van der Waals surface area contributed by atoms with Gasteiger partial charge in [0.1, 0.15) is 5.82 Å². The lowest BCUT2D eigenvalue weighted by molar-refractivity contribution is 0.512. The second-order valence-corrected chi connectivity index (χ2v) is 4.55. The summed E-state index contributed by atoms with van der Waals surface area (Å²) in [6.07, 6.45) is 2.40. The normalized spacial score (nSPS) is 12.5. The van der Waals surface area contributed by atoms with E-state index in [2.05, 4.69) is 24.1 Å². The zero-order chi connectivity index (χ0) is 12.7. The molecule has 0 aromatic heterocycles. The lowest BCUT2D eigenvalue weighted by Crippen LogP contribution is -2.34. The highest BCUT2D eigenvalue weighted by molar-refractivity contribution is 5.45. The van der Waals surface area contributed by atoms with E-state index in [0.29, 0.717) is 6.04 Å². The molecule has 0 heterocycles. The van der Waals surface area contributed by atoms with Crippen LogP contribution in [0.15, 0.2) is 24.3 Å². The molecule has 0 saturated carbocycles. The van der Waals surface area contributed by atoms with Gasteiger partial charge in [-0.3, -0.25) is 0 Å². The van der Waals surface area contributed by atoms with Crippen molar-refractivity contribution in [2.45, 2.75) is 32.7 Å². The molecule has 1 aromatic rings. The molecule has 0 amide bonds. The first-order valence-corrected chi connectivity index (χ1v) is 6.33. The van der Waals surface area contributed by atoms with Crippen LogP contribution in [0.1, 0.15) is 26.7 Å². The number of nitrogens with zero attached hydrogens (tertiary/aromatic N) is 1. The van der Waals surface area contributed by atoms with Gasteiger partial charge >= 0.3 is 0 Å². The quantitative estimate of drug-likeness (QED) is 0.785. The van der Waals surface area contributed by atoms with Crippen LogP contribution in [0.2, 0.25) is 0 Å². The summed E-state index contributed by atoms with van der Waals surface area (Å²) in [6.45, 7) is 6.20. The van der Waals surface area contributed by atoms with Gasteiger partial charge in [0, 0.05) is 31.9 Å². The summed E-state index contributed by atoms with van der Waals surface area (Å²) >= 11 is 0. The van der Waals surface area contributed by atoms with E-state index in [1.807, 2.05) is 13.1 Å². The Morgan fingerprint density at radius 2 is 2.18 bits per heavy atom. The Bertz CT molecular complexity index is 328. The molecule has 0 aliphatic heterocycles. The first-order valence-electron chi connectivity index (χ1n) is 6.33. The summed E-state index contributed by atoms with van der Waals surface area (Å²) < 4.78 is 13.0. The molecule has 1 N–H and O–H groups in total. The van der Waals surface area contributed by atoms with Crippen molar-refractivity contribution in [3.8, 4) is 0 Å². The first kappa shape index (κ1) is 14.0. The van der Waals surface area contributed by atoms with Gasteiger partial charge in [0.05, 0.1) is 0 Å². The number of likely N-dealkylation sites (N-methyl/N-ethyl adjacent to an activating group) is 1. The van der Waals surface area contributed by atoms with Gasteiger partial charge in [-0.2, -0.15) is 0 Å². The van der Waals surface area contributed by atoms with Crippen LogP contribution in [-0.4, -0.2) is 26.2 Å². The predicted molar refractivity (Wildman–Crippen MR) is 72.0 cm³/mol. The fourth-order valence-corrected chi connectivity index (χ4v) is 1.86. The number of hydrogen-bond acceptors (Lipinski definition) is 2. The molecule has 0 spiro atoms. The van der Waals surface area contributed by atoms with E-state index in [4.69, 9.17) is 0 Å². The Morgan fingerprint density at radius 3 is 2.82 bits per heavy atom. The average Bonchev–Trinajstić information content (AvgIpc) is 2.29. The summed E-state index contributed by atoms with van der Waals surface area (Å²) in [5.41, 5.74) is 0.926. The molecule has 0 radical (unpaired) electrons. The van der Waals surface area contributed by atoms with E-state index in [-0.39, 0.29) is 5.82 Å². The Morgan fingerprint density at radius 1 is 1.41 bits per heavy atom. The molecule has 3 heteroatoms. The van der Waals surface area contributed by atoms with E-state index in [0.717, 1.165) is 18.8 Å². The minimum Gasteiger partial charge on any atom is -0.373 e. The summed E-state index contributed by atoms with van der Waals surface area (Å²) in [4.78, 5) is 2.06. The molecule has 0 fully saturated rings. The van der Waals surface area contributed by atoms with E-state index >= 15 is 0 Å². The van der Waals surface area contributed by atoms with Crippen LogP contribution in [0.5, 0.6) is 0 Å². The van der Waals surface area contributed by atoms with Crippen LogP contribution in [-0.2, 0) is 0 Å². The number of nitrogens with one attached hydrogen (secondary N) is 1. The summed E-state index contributed by atoms with van der Waals surface area (Å²) in [6, 6.07) is 7.27. The van der Waals surface area contributed by atoms with Crippen LogP contribution >= 0.6 is 0 Å². The van der Waals surface area contributed by atoms with Gasteiger partial charge in [-0.15, -0.1) is 0 Å². The highest BCUT2D eigenvalue weighted by Crippen LogP contribution is 2.13. The van der Waals surface area contributed by atoms with Crippen molar-refractivity contribution < 1.29 is 4.39 Å². The van der Waals surface area contributed by atoms with Crippen molar-refractivity contribution in [1.82, 2.24) is 5.32 Å². The molecule has 0 saturated heterocycles. The molecule has 1 unspecified atom stereocenters. The number of hydrogen-bond donors (Lipinski definition) is 1. The topological polar surface area (TPSA) is 15.3 Å². The van der Waals surface area contributed by atoms with Crippen molar-refractivity contribution >= 4 is 5.69 Å². The van der Waals surface area contributed by atoms with Crippen molar-refractivity contribution in [2.75, 3.05) is 25.0 Å². The van der Waals surface area contributed by atoms with Crippen molar-refractivity contribution in [1.29, 1.82) is 0 Å². The molecule has 1 atom stereocenters. The molecule has 96 valence electrons. The molecule has 0 aliphatic rings. The number of halogens is 1. The number of anilines is 1. The fraction of sp³-hybridized carbons (Fsp3) is 0.571. The lowest BCUT2D eigenvalue weighted by atomic mass is 10.2. The average molecular weight is 238 g/mol. The standard InChI is InChI=1S/C14H23FN2/c1-4-6-12(2)16-9-10-17(3)14-8-5-7-13(15)11-14/h5,7-8,11-12,16H,4,6,9-10H2,1-3H3. The van der Waals surface area contributed by atoms with E-state index in [9.17, 15) is 4.39 Å². The maximum atomic E-state index is 13.0. The zero-order valence-corrected chi connectivity index (χ0v) is 11.0. The SMILES string of the molecule is CCCC(C)NCCN(C)c1cccc(F)c1. The second kappa shape index (κ2) is 7.28. The molecule has 1 aromatic carbocycles. The minimum absolute atomic E-state index is 0.179. The Hall–Kier alpha value is -1.09. The van der Waals surface area contributed by atoms with Crippen LogP contribution in [0, 0.1) is 5.82 Å². The highest BCUT2D eigenvalue weighted by Gasteiger charge is 2.03. The van der Waals surface area contributed by atoms with E-state index in [1.54, 1.807) is 12.1 Å². The Balaban J connectivity index is 2.32. The molecule has 17 heavy (non-hydrogen) atoms. The van der Waals surface area contributed by atoms with Crippen molar-refractivity contribution in [2.24, 2.45) is 0 Å². The van der Waals surface area contributed by atoms with E-state index < -0.39 is 0 Å². The van der Waals surface area contributed by atoms with Gasteiger partial charge in [-0.25, -0.2) is 4.39 Å². The number of benzene rings is 1. The van der Waals surface area contributed by atoms with Crippen molar-refractivity contribution in [3.63, 3.8) is 0 Å². The van der Waals surface area contributed by atoms with Crippen LogP contribution in [0.25, 0.3) is 0 Å². The van der Waals surface area contributed by atoms with Gasteiger partial charge in [0.2, 0.25) is 0 Å². The van der Waals surface area contributed by atoms with Gasteiger partial charge in [0.25, 0.3) is 0 Å². The third-order valence-electron chi connectivity index (χ3n) is 2.91. The van der Waals surface area contributed by atoms with Gasteiger partial charge in [-0.1, -0.05) is 19.4 Å². The Kier molecular flexibility index (Phi) is 5.98. The maximum absolute atomic E-state index is 13.0. The molecule has 2 nitrogen and oxygen atoms in total. The van der Waals surface area contributed by atoms with Crippen LogP contribution in [0.3, 0.4) is 0 Å². The molecular formula is C14H23FN2. The van der Waals surface area contributed by atoms with E-state index in [1.165, 1.54) is 18.9 Å². The molecule has 1 rings (SSSR count). The smallest absolute Gasteiger partial charge is 0.125 e.